The summed E-state index contributed by atoms with van der Waals surface area (Å²) in [5.74, 6) is 0.327. The van der Waals surface area contributed by atoms with E-state index in [-0.39, 0.29) is 18.1 Å². The van der Waals surface area contributed by atoms with Gasteiger partial charge in [-0.2, -0.15) is 0 Å². The number of carbonyl (C=O) groups is 2. The van der Waals surface area contributed by atoms with E-state index in [1.165, 1.54) is 4.90 Å². The lowest BCUT2D eigenvalue weighted by Gasteiger charge is -2.27. The molecule has 2 amide bonds. The van der Waals surface area contributed by atoms with Crippen LogP contribution in [0.3, 0.4) is 0 Å². The molecule has 0 saturated heterocycles. The van der Waals surface area contributed by atoms with E-state index < -0.39 is 6.09 Å². The van der Waals surface area contributed by atoms with Crippen LogP contribution in [0.4, 0.5) is 10.5 Å². The van der Waals surface area contributed by atoms with Crippen molar-refractivity contribution in [3.63, 3.8) is 0 Å². The number of rotatable bonds is 3. The van der Waals surface area contributed by atoms with Crippen molar-refractivity contribution in [2.24, 2.45) is 0 Å². The van der Waals surface area contributed by atoms with Crippen LogP contribution in [0.1, 0.15) is 16.2 Å². The summed E-state index contributed by atoms with van der Waals surface area (Å²) in [7, 11) is 0. The van der Waals surface area contributed by atoms with Gasteiger partial charge in [-0.15, -0.1) is 0 Å². The summed E-state index contributed by atoms with van der Waals surface area (Å²) in [5.41, 5.74) is 2.41. The number of carbonyl (C=O) groups excluding carboxylic acids is 1. The third-order valence-electron chi connectivity index (χ3n) is 4.56. The molecule has 4 rings (SSSR count). The molecule has 1 aliphatic rings. The Hall–Kier alpha value is -3.61. The van der Waals surface area contributed by atoms with Crippen molar-refractivity contribution in [2.75, 3.05) is 11.9 Å². The molecule has 0 unspecified atom stereocenters. The van der Waals surface area contributed by atoms with Gasteiger partial charge in [0.2, 0.25) is 0 Å². The number of nitrogens with one attached hydrogen (secondary N) is 1. The van der Waals surface area contributed by atoms with Crippen molar-refractivity contribution in [1.82, 2.24) is 14.5 Å². The Morgan fingerprint density at radius 1 is 0.963 bits per heavy atom. The average molecular weight is 362 g/mol. The Morgan fingerprint density at radius 2 is 1.63 bits per heavy atom. The lowest BCUT2D eigenvalue weighted by molar-refractivity contribution is 0.101. The molecule has 1 aromatic heterocycles. The number of nitrogens with zero attached hydrogens (tertiary/aromatic N) is 3. The first-order valence-corrected chi connectivity index (χ1v) is 8.62. The number of anilines is 1. The topological polar surface area (TPSA) is 87.5 Å². The van der Waals surface area contributed by atoms with Crippen LogP contribution < -0.4 is 5.32 Å². The van der Waals surface area contributed by atoms with Crippen LogP contribution in [0.5, 0.6) is 0 Å². The van der Waals surface area contributed by atoms with Crippen molar-refractivity contribution in [3.05, 3.63) is 72.1 Å². The van der Waals surface area contributed by atoms with E-state index >= 15 is 0 Å². The normalized spacial score (nSPS) is 13.1. The molecule has 0 bridgehead atoms. The van der Waals surface area contributed by atoms with Crippen LogP contribution in [0, 0.1) is 0 Å². The van der Waals surface area contributed by atoms with E-state index in [2.05, 4.69) is 10.3 Å². The molecule has 0 atom stereocenters. The van der Waals surface area contributed by atoms with Gasteiger partial charge < -0.3 is 19.9 Å². The van der Waals surface area contributed by atoms with Gasteiger partial charge in [0.05, 0.1) is 12.2 Å². The highest BCUT2D eigenvalue weighted by Gasteiger charge is 2.29. The third kappa shape index (κ3) is 3.27. The molecule has 2 N–H and O–H groups in total. The monoisotopic (exact) mass is 362 g/mol. The van der Waals surface area contributed by atoms with Crippen LogP contribution >= 0.6 is 0 Å². The largest absolute Gasteiger partial charge is 0.465 e. The minimum Gasteiger partial charge on any atom is -0.465 e. The smallest absolute Gasteiger partial charge is 0.407 e. The third-order valence-corrected chi connectivity index (χ3v) is 4.56. The molecule has 27 heavy (non-hydrogen) atoms. The van der Waals surface area contributed by atoms with Crippen LogP contribution in [0.15, 0.2) is 60.7 Å². The first-order valence-electron chi connectivity index (χ1n) is 8.62. The molecule has 0 saturated carbocycles. The van der Waals surface area contributed by atoms with Gasteiger partial charge in [0.25, 0.3) is 5.91 Å². The lowest BCUT2D eigenvalue weighted by Crippen LogP contribution is -2.38. The summed E-state index contributed by atoms with van der Waals surface area (Å²) < 4.78 is 1.94. The Morgan fingerprint density at radius 3 is 2.30 bits per heavy atom. The van der Waals surface area contributed by atoms with E-state index in [0.717, 1.165) is 5.56 Å². The number of carboxylic acid groups (broad SMARTS) is 1. The van der Waals surface area contributed by atoms with Gasteiger partial charge in [0.1, 0.15) is 5.82 Å². The second-order valence-corrected chi connectivity index (χ2v) is 6.27. The van der Waals surface area contributed by atoms with Crippen molar-refractivity contribution < 1.29 is 14.7 Å². The summed E-state index contributed by atoms with van der Waals surface area (Å²) in [5, 5.41) is 12.2. The predicted molar refractivity (Wildman–Crippen MR) is 100 cm³/mol. The Balaban J connectivity index is 1.75. The number of fused-ring (bicyclic) bond motifs is 1. The highest BCUT2D eigenvalue weighted by Crippen LogP contribution is 2.27. The lowest BCUT2D eigenvalue weighted by atomic mass is 10.2. The van der Waals surface area contributed by atoms with Gasteiger partial charge in [0, 0.05) is 24.3 Å². The van der Waals surface area contributed by atoms with Crippen LogP contribution in [-0.2, 0) is 13.1 Å². The highest BCUT2D eigenvalue weighted by atomic mass is 16.4. The molecule has 3 aromatic rings. The summed E-state index contributed by atoms with van der Waals surface area (Å²) in [6, 6.07) is 18.7. The molecule has 0 spiro atoms. The Labute approximate surface area is 155 Å². The van der Waals surface area contributed by atoms with Gasteiger partial charge in [-0.05, 0) is 12.1 Å². The van der Waals surface area contributed by atoms with E-state index in [4.69, 9.17) is 0 Å². The molecule has 0 aliphatic carbocycles. The zero-order valence-electron chi connectivity index (χ0n) is 14.5. The maximum Gasteiger partial charge on any atom is 0.407 e. The van der Waals surface area contributed by atoms with Crippen molar-refractivity contribution in [3.8, 4) is 11.4 Å². The van der Waals surface area contributed by atoms with Crippen molar-refractivity contribution >= 4 is 17.7 Å². The average Bonchev–Trinajstić information content (AvgIpc) is 3.08. The van der Waals surface area contributed by atoms with Crippen molar-refractivity contribution in [2.45, 2.75) is 13.1 Å². The van der Waals surface area contributed by atoms with Gasteiger partial charge in [-0.25, -0.2) is 9.78 Å². The Bertz CT molecular complexity index is 983. The first-order chi connectivity index (χ1) is 13.1. The number of aromatic nitrogens is 2. The zero-order chi connectivity index (χ0) is 18.8. The SMILES string of the molecule is O=C(Nc1ccccc1)c1nc(-c2ccccc2)n2c1CN(C(=O)O)CC2. The van der Waals surface area contributed by atoms with Crippen LogP contribution in [-0.4, -0.2) is 38.1 Å². The zero-order valence-corrected chi connectivity index (χ0v) is 14.5. The second-order valence-electron chi connectivity index (χ2n) is 6.27. The quantitative estimate of drug-likeness (QED) is 0.748. The maximum atomic E-state index is 12.9. The molecule has 0 fully saturated rings. The van der Waals surface area contributed by atoms with E-state index in [1.54, 1.807) is 12.1 Å². The summed E-state index contributed by atoms with van der Waals surface area (Å²) in [4.78, 5) is 30.1. The number of amides is 2. The number of para-hydroxylation sites is 1. The fourth-order valence-electron chi connectivity index (χ4n) is 3.23. The van der Waals surface area contributed by atoms with E-state index in [0.29, 0.717) is 30.3 Å². The molecule has 7 nitrogen and oxygen atoms in total. The predicted octanol–water partition coefficient (Wildman–Crippen LogP) is 3.30. The van der Waals surface area contributed by atoms with Crippen LogP contribution in [0.2, 0.25) is 0 Å². The number of hydrogen-bond acceptors (Lipinski definition) is 3. The van der Waals surface area contributed by atoms with Crippen LogP contribution in [0.25, 0.3) is 11.4 Å². The summed E-state index contributed by atoms with van der Waals surface area (Å²) >= 11 is 0. The number of imidazole rings is 1. The number of hydrogen-bond donors (Lipinski definition) is 2. The fourth-order valence-corrected chi connectivity index (χ4v) is 3.23. The molecule has 7 heteroatoms. The minimum absolute atomic E-state index is 0.132. The Kier molecular flexibility index (Phi) is 4.33. The molecular weight excluding hydrogens is 344 g/mol. The summed E-state index contributed by atoms with van der Waals surface area (Å²) in [6.07, 6.45) is -1.00. The molecule has 1 aliphatic heterocycles. The van der Waals surface area contributed by atoms with Gasteiger partial charge in [-0.1, -0.05) is 48.5 Å². The number of benzene rings is 2. The standard InChI is InChI=1S/C20H18N4O3/c25-19(21-15-9-5-2-6-10-15)17-16-13-23(20(26)27)11-12-24(16)18(22-17)14-7-3-1-4-8-14/h1-10H,11-13H2,(H,21,25)(H,26,27). The van der Waals surface area contributed by atoms with E-state index in [9.17, 15) is 14.7 Å². The molecule has 0 radical (unpaired) electrons. The minimum atomic E-state index is -1.00. The van der Waals surface area contributed by atoms with Gasteiger partial charge in [0.15, 0.2) is 5.69 Å². The molecule has 2 aromatic carbocycles. The molecule has 136 valence electrons. The highest BCUT2D eigenvalue weighted by molar-refractivity contribution is 6.04. The fraction of sp³-hybridized carbons (Fsp3) is 0.150. The molecular formula is C20H18N4O3. The second kappa shape index (κ2) is 6.95. The van der Waals surface area contributed by atoms with Gasteiger partial charge >= 0.3 is 6.09 Å². The van der Waals surface area contributed by atoms with Crippen molar-refractivity contribution in [1.29, 1.82) is 0 Å². The molecule has 2 heterocycles. The van der Waals surface area contributed by atoms with E-state index in [1.807, 2.05) is 53.1 Å². The first kappa shape index (κ1) is 16.8. The maximum absolute atomic E-state index is 12.9. The van der Waals surface area contributed by atoms with Gasteiger partial charge in [-0.3, -0.25) is 4.79 Å². The summed E-state index contributed by atoms with van der Waals surface area (Å²) in [6.45, 7) is 0.947.